The van der Waals surface area contributed by atoms with Gasteiger partial charge in [-0.15, -0.1) is 0 Å². The Bertz CT molecular complexity index is 515. The molecule has 2 rings (SSSR count). The number of nitrogens with two attached hydrogens (primary N) is 1. The van der Waals surface area contributed by atoms with E-state index in [0.717, 1.165) is 18.2 Å². The Morgan fingerprint density at radius 3 is 2.47 bits per heavy atom. The molecule has 17 heavy (non-hydrogen) atoms. The summed E-state index contributed by atoms with van der Waals surface area (Å²) >= 11 is 0. The summed E-state index contributed by atoms with van der Waals surface area (Å²) in [6, 6.07) is 2.82. The number of nitrogens with zero attached hydrogens (tertiary/aromatic N) is 2. The second-order valence-electron chi connectivity index (χ2n) is 3.09. The molecular formula is C10H8F2N4O. The van der Waals surface area contributed by atoms with Gasteiger partial charge in [0.05, 0.1) is 12.4 Å². The number of anilines is 1. The number of nitrogens with one attached hydrogen (secondary N) is 1. The molecule has 0 aliphatic carbocycles. The van der Waals surface area contributed by atoms with Gasteiger partial charge in [-0.3, -0.25) is 4.98 Å². The number of hydrogen-bond donors (Lipinski definition) is 2. The average Bonchev–Trinajstić information content (AvgIpc) is 2.28. The second-order valence-corrected chi connectivity index (χ2v) is 3.09. The lowest BCUT2D eigenvalue weighted by molar-refractivity contribution is 0.449. The maximum absolute atomic E-state index is 12.9. The summed E-state index contributed by atoms with van der Waals surface area (Å²) in [5.74, 6) is 4.01. The number of hydrazine groups is 1. The maximum atomic E-state index is 12.9. The Morgan fingerprint density at radius 2 is 1.82 bits per heavy atom. The minimum atomic E-state index is -0.735. The summed E-state index contributed by atoms with van der Waals surface area (Å²) in [7, 11) is 0. The zero-order chi connectivity index (χ0) is 12.3. The van der Waals surface area contributed by atoms with Crippen LogP contribution in [0.25, 0.3) is 0 Å². The Morgan fingerprint density at radius 1 is 1.12 bits per heavy atom. The van der Waals surface area contributed by atoms with Crippen LogP contribution in [0.15, 0.2) is 30.6 Å². The molecule has 0 radical (unpaired) electrons. The van der Waals surface area contributed by atoms with Crippen molar-refractivity contribution in [3.8, 4) is 11.6 Å². The van der Waals surface area contributed by atoms with E-state index in [1.807, 2.05) is 0 Å². The summed E-state index contributed by atoms with van der Waals surface area (Å²) in [6.07, 6.45) is 2.67. The smallest absolute Gasteiger partial charge is 0.239 e. The third-order valence-electron chi connectivity index (χ3n) is 1.82. The van der Waals surface area contributed by atoms with E-state index in [1.165, 1.54) is 12.4 Å². The molecule has 0 saturated carbocycles. The van der Waals surface area contributed by atoms with Crippen molar-refractivity contribution in [3.63, 3.8) is 0 Å². The topological polar surface area (TPSA) is 73.1 Å². The molecule has 0 bridgehead atoms. The summed E-state index contributed by atoms with van der Waals surface area (Å²) in [4.78, 5) is 7.66. The van der Waals surface area contributed by atoms with Gasteiger partial charge in [0.1, 0.15) is 17.4 Å². The van der Waals surface area contributed by atoms with E-state index >= 15 is 0 Å². The molecule has 3 N–H and O–H groups in total. The normalized spacial score (nSPS) is 10.1. The summed E-state index contributed by atoms with van der Waals surface area (Å²) in [5.41, 5.74) is 2.27. The van der Waals surface area contributed by atoms with Gasteiger partial charge in [-0.1, -0.05) is 0 Å². The van der Waals surface area contributed by atoms with E-state index in [0.29, 0.717) is 0 Å². The van der Waals surface area contributed by atoms with Crippen LogP contribution in [-0.2, 0) is 0 Å². The molecule has 0 saturated heterocycles. The average molecular weight is 238 g/mol. The first-order valence-electron chi connectivity index (χ1n) is 4.60. The highest BCUT2D eigenvalue weighted by atomic mass is 19.1. The van der Waals surface area contributed by atoms with E-state index in [9.17, 15) is 8.78 Å². The van der Waals surface area contributed by atoms with Crippen LogP contribution in [0, 0.1) is 11.6 Å². The molecule has 2 aromatic rings. The van der Waals surface area contributed by atoms with Gasteiger partial charge in [-0.2, -0.15) is 4.98 Å². The van der Waals surface area contributed by atoms with Crippen molar-refractivity contribution in [2.24, 2.45) is 5.84 Å². The molecule has 88 valence electrons. The van der Waals surface area contributed by atoms with Crippen LogP contribution in [0.5, 0.6) is 11.6 Å². The number of aromatic nitrogens is 2. The fourth-order valence-electron chi connectivity index (χ4n) is 1.18. The predicted molar refractivity (Wildman–Crippen MR) is 56.3 cm³/mol. The quantitative estimate of drug-likeness (QED) is 0.630. The highest BCUT2D eigenvalue weighted by Gasteiger charge is 2.04. The second kappa shape index (κ2) is 4.71. The van der Waals surface area contributed by atoms with Crippen LogP contribution in [-0.4, -0.2) is 9.97 Å². The standard InChI is InChI=1S/C10H8F2N4O/c11-6-1-7(12)3-8(2-6)17-10-5-14-4-9(15-10)16-13/h1-5H,13H2,(H,15,16). The van der Waals surface area contributed by atoms with E-state index in [4.69, 9.17) is 10.6 Å². The maximum Gasteiger partial charge on any atom is 0.239 e. The molecule has 0 spiro atoms. The number of ether oxygens (including phenoxy) is 1. The Kier molecular flexibility index (Phi) is 3.10. The van der Waals surface area contributed by atoms with Crippen LogP contribution in [0.1, 0.15) is 0 Å². The molecule has 0 aliphatic rings. The minimum Gasteiger partial charge on any atom is -0.437 e. The van der Waals surface area contributed by atoms with Crippen LogP contribution >= 0.6 is 0 Å². The molecule has 0 aliphatic heterocycles. The molecule has 0 fully saturated rings. The fraction of sp³-hybridized carbons (Fsp3) is 0. The number of hydrogen-bond acceptors (Lipinski definition) is 5. The summed E-state index contributed by atoms with van der Waals surface area (Å²) in [5, 5.41) is 0. The first-order valence-corrected chi connectivity index (χ1v) is 4.60. The van der Waals surface area contributed by atoms with E-state index in [1.54, 1.807) is 0 Å². The van der Waals surface area contributed by atoms with Crippen molar-refractivity contribution in [1.82, 2.24) is 9.97 Å². The molecule has 1 aromatic carbocycles. The third-order valence-corrected chi connectivity index (χ3v) is 1.82. The van der Waals surface area contributed by atoms with Crippen LogP contribution in [0.2, 0.25) is 0 Å². The molecule has 7 heteroatoms. The lowest BCUT2D eigenvalue weighted by Gasteiger charge is -2.05. The van der Waals surface area contributed by atoms with Gasteiger partial charge in [0, 0.05) is 18.2 Å². The molecule has 0 unspecified atom stereocenters. The van der Waals surface area contributed by atoms with E-state index in [2.05, 4.69) is 15.4 Å². The molecule has 5 nitrogen and oxygen atoms in total. The van der Waals surface area contributed by atoms with Gasteiger partial charge in [0.15, 0.2) is 5.82 Å². The third kappa shape index (κ3) is 2.85. The zero-order valence-corrected chi connectivity index (χ0v) is 8.52. The molecule has 1 heterocycles. The van der Waals surface area contributed by atoms with Gasteiger partial charge in [0.2, 0.25) is 5.88 Å². The predicted octanol–water partition coefficient (Wildman–Crippen LogP) is 1.83. The van der Waals surface area contributed by atoms with Crippen LogP contribution < -0.4 is 16.0 Å². The molecule has 1 aromatic heterocycles. The Balaban J connectivity index is 2.24. The number of benzene rings is 1. The Hall–Kier alpha value is -2.28. The number of nitrogen functional groups attached to an aromatic ring is 1. The van der Waals surface area contributed by atoms with Crippen molar-refractivity contribution >= 4 is 5.82 Å². The van der Waals surface area contributed by atoms with E-state index < -0.39 is 11.6 Å². The molecule has 0 amide bonds. The van der Waals surface area contributed by atoms with Gasteiger partial charge in [-0.05, 0) is 0 Å². The Labute approximate surface area is 95.2 Å². The zero-order valence-electron chi connectivity index (χ0n) is 8.52. The van der Waals surface area contributed by atoms with Crippen molar-refractivity contribution in [3.05, 3.63) is 42.2 Å². The lowest BCUT2D eigenvalue weighted by atomic mass is 10.3. The highest BCUT2D eigenvalue weighted by Crippen LogP contribution is 2.21. The lowest BCUT2D eigenvalue weighted by Crippen LogP contribution is -2.09. The monoisotopic (exact) mass is 238 g/mol. The van der Waals surface area contributed by atoms with Gasteiger partial charge in [-0.25, -0.2) is 14.6 Å². The van der Waals surface area contributed by atoms with Crippen molar-refractivity contribution in [2.75, 3.05) is 5.43 Å². The number of rotatable bonds is 3. The van der Waals surface area contributed by atoms with Gasteiger partial charge in [0.25, 0.3) is 0 Å². The number of halogens is 2. The van der Waals surface area contributed by atoms with Gasteiger partial charge >= 0.3 is 0 Å². The highest BCUT2D eigenvalue weighted by molar-refractivity contribution is 5.33. The van der Waals surface area contributed by atoms with E-state index in [-0.39, 0.29) is 17.4 Å². The first kappa shape index (κ1) is 11.2. The van der Waals surface area contributed by atoms with Crippen molar-refractivity contribution < 1.29 is 13.5 Å². The van der Waals surface area contributed by atoms with Gasteiger partial charge < -0.3 is 10.2 Å². The minimum absolute atomic E-state index is 0.00836. The van der Waals surface area contributed by atoms with Crippen molar-refractivity contribution in [1.29, 1.82) is 0 Å². The molecule has 0 atom stereocenters. The fourth-order valence-corrected chi connectivity index (χ4v) is 1.18. The van der Waals surface area contributed by atoms with Crippen molar-refractivity contribution in [2.45, 2.75) is 0 Å². The first-order chi connectivity index (χ1) is 8.17. The summed E-state index contributed by atoms with van der Waals surface area (Å²) < 4.78 is 30.9. The SMILES string of the molecule is NNc1cncc(Oc2cc(F)cc(F)c2)n1. The van der Waals surface area contributed by atoms with Crippen LogP contribution in [0.3, 0.4) is 0 Å². The summed E-state index contributed by atoms with van der Waals surface area (Å²) in [6.45, 7) is 0. The largest absolute Gasteiger partial charge is 0.437 e. The van der Waals surface area contributed by atoms with Crippen LogP contribution in [0.4, 0.5) is 14.6 Å². The molecular weight excluding hydrogens is 230 g/mol.